The van der Waals surface area contributed by atoms with Crippen molar-refractivity contribution >= 4 is 0 Å². The number of rotatable bonds is 6. The molecule has 1 fully saturated rings. The van der Waals surface area contributed by atoms with Gasteiger partial charge in [-0.05, 0) is 13.3 Å². The molecular weight excluding hydrogens is 228 g/mol. The predicted octanol–water partition coefficient (Wildman–Crippen LogP) is -0.743. The molecule has 1 aliphatic rings. The Hall–Kier alpha value is -0.240. The van der Waals surface area contributed by atoms with E-state index in [0.717, 1.165) is 6.42 Å². The molecule has 6 heteroatoms. The number of aliphatic hydroxyl groups is 3. The summed E-state index contributed by atoms with van der Waals surface area (Å²) in [5.41, 5.74) is 0. The summed E-state index contributed by atoms with van der Waals surface area (Å²) in [6.45, 7) is 4.97. The summed E-state index contributed by atoms with van der Waals surface area (Å²) in [6.07, 6.45) is -4.15. The normalized spacial score (nSPS) is 38.3. The number of aliphatic hydroxyl groups excluding tert-OH is 3. The standard InChI is InChI=1S/C11H22O6/c1-3-4-15-5-6-16-11-10(14)9(13)8(12)7(2)17-11/h7-14H,3-6H2,1-2H3/t7-,8+,9?,10?,11+/m0/s1. The Morgan fingerprint density at radius 1 is 1.00 bits per heavy atom. The van der Waals surface area contributed by atoms with Crippen LogP contribution in [0, 0.1) is 0 Å². The van der Waals surface area contributed by atoms with Gasteiger partial charge < -0.3 is 29.5 Å². The van der Waals surface area contributed by atoms with Crippen molar-refractivity contribution < 1.29 is 29.5 Å². The second-order valence-electron chi connectivity index (χ2n) is 4.16. The van der Waals surface area contributed by atoms with E-state index in [4.69, 9.17) is 14.2 Å². The molecule has 0 radical (unpaired) electrons. The molecule has 0 aromatic carbocycles. The van der Waals surface area contributed by atoms with Crippen LogP contribution in [0.3, 0.4) is 0 Å². The highest BCUT2D eigenvalue weighted by Crippen LogP contribution is 2.21. The van der Waals surface area contributed by atoms with E-state index in [-0.39, 0.29) is 6.61 Å². The van der Waals surface area contributed by atoms with Gasteiger partial charge in [0.25, 0.3) is 0 Å². The van der Waals surface area contributed by atoms with Crippen molar-refractivity contribution in [3.63, 3.8) is 0 Å². The first-order valence-electron chi connectivity index (χ1n) is 5.97. The first-order valence-corrected chi connectivity index (χ1v) is 5.97. The largest absolute Gasteiger partial charge is 0.388 e. The van der Waals surface area contributed by atoms with Crippen LogP contribution in [0.5, 0.6) is 0 Å². The molecule has 17 heavy (non-hydrogen) atoms. The third-order valence-electron chi connectivity index (χ3n) is 2.67. The second-order valence-corrected chi connectivity index (χ2v) is 4.16. The molecule has 0 spiro atoms. The Labute approximate surface area is 101 Å². The molecule has 0 aromatic heterocycles. The van der Waals surface area contributed by atoms with Gasteiger partial charge >= 0.3 is 0 Å². The lowest BCUT2D eigenvalue weighted by Gasteiger charge is -2.38. The lowest BCUT2D eigenvalue weighted by atomic mass is 10.0. The van der Waals surface area contributed by atoms with E-state index in [0.29, 0.717) is 13.2 Å². The maximum Gasteiger partial charge on any atom is 0.186 e. The minimum Gasteiger partial charge on any atom is -0.388 e. The van der Waals surface area contributed by atoms with E-state index in [9.17, 15) is 15.3 Å². The average molecular weight is 250 g/mol. The van der Waals surface area contributed by atoms with Gasteiger partial charge in [0.05, 0.1) is 19.3 Å². The minimum atomic E-state index is -1.25. The summed E-state index contributed by atoms with van der Waals surface area (Å²) < 4.78 is 15.7. The monoisotopic (exact) mass is 250 g/mol. The average Bonchev–Trinajstić information content (AvgIpc) is 2.32. The number of hydrogen-bond donors (Lipinski definition) is 3. The first-order chi connectivity index (χ1) is 8.07. The molecule has 0 bridgehead atoms. The molecule has 1 heterocycles. The molecule has 1 rings (SSSR count). The van der Waals surface area contributed by atoms with Gasteiger partial charge in [0.15, 0.2) is 6.29 Å². The molecule has 0 aromatic rings. The fourth-order valence-corrected chi connectivity index (χ4v) is 1.62. The molecule has 0 saturated carbocycles. The van der Waals surface area contributed by atoms with Crippen LogP contribution in [-0.4, -0.2) is 65.8 Å². The Balaban J connectivity index is 2.28. The highest BCUT2D eigenvalue weighted by molar-refractivity contribution is 4.87. The number of ether oxygens (including phenoxy) is 3. The minimum absolute atomic E-state index is 0.275. The van der Waals surface area contributed by atoms with Crippen molar-refractivity contribution in [2.75, 3.05) is 19.8 Å². The first kappa shape index (κ1) is 14.8. The zero-order chi connectivity index (χ0) is 12.8. The van der Waals surface area contributed by atoms with Gasteiger partial charge in [-0.2, -0.15) is 0 Å². The van der Waals surface area contributed by atoms with Crippen LogP contribution >= 0.6 is 0 Å². The molecule has 6 nitrogen and oxygen atoms in total. The topological polar surface area (TPSA) is 88.4 Å². The zero-order valence-corrected chi connectivity index (χ0v) is 10.3. The molecule has 1 aliphatic heterocycles. The van der Waals surface area contributed by atoms with Gasteiger partial charge in [-0.25, -0.2) is 0 Å². The van der Waals surface area contributed by atoms with Crippen LogP contribution in [0.1, 0.15) is 20.3 Å². The summed E-state index contributed by atoms with van der Waals surface area (Å²) in [5.74, 6) is 0. The van der Waals surface area contributed by atoms with Crippen LogP contribution in [0.25, 0.3) is 0 Å². The van der Waals surface area contributed by atoms with Gasteiger partial charge in [-0.15, -0.1) is 0 Å². The van der Waals surface area contributed by atoms with Crippen molar-refractivity contribution in [2.45, 2.75) is 51.0 Å². The third-order valence-corrected chi connectivity index (χ3v) is 2.67. The van der Waals surface area contributed by atoms with Gasteiger partial charge in [0, 0.05) is 6.61 Å². The molecule has 1 saturated heterocycles. The van der Waals surface area contributed by atoms with Crippen LogP contribution in [0.2, 0.25) is 0 Å². The highest BCUT2D eigenvalue weighted by atomic mass is 16.7. The van der Waals surface area contributed by atoms with E-state index in [1.54, 1.807) is 6.92 Å². The SMILES string of the molecule is CCCOCCO[C@@H]1O[C@@H](C)[C@@H](O)C(O)C1O. The van der Waals surface area contributed by atoms with Crippen molar-refractivity contribution in [3.8, 4) is 0 Å². The van der Waals surface area contributed by atoms with E-state index in [1.807, 2.05) is 6.92 Å². The smallest absolute Gasteiger partial charge is 0.186 e. The van der Waals surface area contributed by atoms with E-state index in [2.05, 4.69) is 0 Å². The Morgan fingerprint density at radius 3 is 2.35 bits per heavy atom. The maximum atomic E-state index is 9.63. The maximum absolute atomic E-state index is 9.63. The van der Waals surface area contributed by atoms with Crippen molar-refractivity contribution in [3.05, 3.63) is 0 Å². The van der Waals surface area contributed by atoms with Crippen LogP contribution < -0.4 is 0 Å². The van der Waals surface area contributed by atoms with Crippen LogP contribution in [0.4, 0.5) is 0 Å². The summed E-state index contributed by atoms with van der Waals surface area (Å²) in [4.78, 5) is 0. The molecule has 5 atom stereocenters. The van der Waals surface area contributed by atoms with E-state index in [1.165, 1.54) is 0 Å². The van der Waals surface area contributed by atoms with Crippen LogP contribution in [0.15, 0.2) is 0 Å². The van der Waals surface area contributed by atoms with Gasteiger partial charge in [0.1, 0.15) is 18.3 Å². The lowest BCUT2D eigenvalue weighted by Crippen LogP contribution is -2.57. The number of hydrogen-bond acceptors (Lipinski definition) is 6. The second kappa shape index (κ2) is 7.25. The third kappa shape index (κ3) is 4.17. The molecule has 0 aliphatic carbocycles. The molecule has 2 unspecified atom stereocenters. The Kier molecular flexibility index (Phi) is 6.32. The highest BCUT2D eigenvalue weighted by Gasteiger charge is 2.42. The molecule has 0 amide bonds. The predicted molar refractivity (Wildman–Crippen MR) is 59.4 cm³/mol. The van der Waals surface area contributed by atoms with Gasteiger partial charge in [0.2, 0.25) is 0 Å². The molecule has 102 valence electrons. The van der Waals surface area contributed by atoms with Crippen molar-refractivity contribution in [1.82, 2.24) is 0 Å². The molecular formula is C11H22O6. The summed E-state index contributed by atoms with van der Waals surface area (Å²) in [5, 5.41) is 28.6. The zero-order valence-electron chi connectivity index (χ0n) is 10.3. The van der Waals surface area contributed by atoms with Crippen LogP contribution in [-0.2, 0) is 14.2 Å². The summed E-state index contributed by atoms with van der Waals surface area (Å²) >= 11 is 0. The summed E-state index contributed by atoms with van der Waals surface area (Å²) in [6, 6.07) is 0. The fourth-order valence-electron chi connectivity index (χ4n) is 1.62. The fraction of sp³-hybridized carbons (Fsp3) is 1.00. The van der Waals surface area contributed by atoms with Gasteiger partial charge in [-0.1, -0.05) is 6.92 Å². The van der Waals surface area contributed by atoms with Gasteiger partial charge in [-0.3, -0.25) is 0 Å². The lowest BCUT2D eigenvalue weighted by molar-refractivity contribution is -0.294. The Morgan fingerprint density at radius 2 is 1.71 bits per heavy atom. The van der Waals surface area contributed by atoms with Crippen molar-refractivity contribution in [1.29, 1.82) is 0 Å². The van der Waals surface area contributed by atoms with Crippen molar-refractivity contribution in [2.24, 2.45) is 0 Å². The van der Waals surface area contributed by atoms with E-state index < -0.39 is 30.7 Å². The Bertz CT molecular complexity index is 212. The van der Waals surface area contributed by atoms with E-state index >= 15 is 0 Å². The quantitative estimate of drug-likeness (QED) is 0.538. The summed E-state index contributed by atoms with van der Waals surface area (Å²) in [7, 11) is 0. The molecule has 3 N–H and O–H groups in total.